The number of alkyl halides is 3. The molecule has 1 nitrogen and oxygen atoms in total. The van der Waals surface area contributed by atoms with Crippen LogP contribution in [-0.4, -0.2) is 12.2 Å². The lowest BCUT2D eigenvalue weighted by Crippen LogP contribution is -2.37. The lowest BCUT2D eigenvalue weighted by molar-refractivity contribution is -0.148. The normalized spacial score (nSPS) is 13.9. The van der Waals surface area contributed by atoms with E-state index in [1.807, 2.05) is 31.2 Å². The first kappa shape index (κ1) is 12.0. The summed E-state index contributed by atoms with van der Waals surface area (Å²) in [5.74, 6) is 0. The maximum atomic E-state index is 12.1. The molecule has 1 aromatic rings. The minimum Gasteiger partial charge on any atom is -0.320 e. The molecule has 4 heteroatoms. The molecule has 0 heterocycles. The molecule has 0 spiro atoms. The van der Waals surface area contributed by atoms with Crippen LogP contribution in [-0.2, 0) is 6.42 Å². The van der Waals surface area contributed by atoms with Gasteiger partial charge in [-0.3, -0.25) is 0 Å². The van der Waals surface area contributed by atoms with Crippen LogP contribution in [0.4, 0.5) is 13.2 Å². The second kappa shape index (κ2) is 4.66. The Kier molecular flexibility index (Phi) is 3.74. The van der Waals surface area contributed by atoms with Gasteiger partial charge >= 0.3 is 6.18 Å². The van der Waals surface area contributed by atoms with Crippen molar-refractivity contribution in [3.63, 3.8) is 0 Å². The Morgan fingerprint density at radius 3 is 2.53 bits per heavy atom. The molecule has 0 radical (unpaired) electrons. The van der Waals surface area contributed by atoms with Crippen LogP contribution >= 0.6 is 0 Å². The number of nitrogens with two attached hydrogens (primary N) is 1. The second-order valence-corrected chi connectivity index (χ2v) is 3.68. The van der Waals surface area contributed by atoms with Crippen molar-refractivity contribution < 1.29 is 13.2 Å². The number of halogens is 3. The molecular formula is C11H14F3N. The summed E-state index contributed by atoms with van der Waals surface area (Å²) < 4.78 is 36.3. The minimum atomic E-state index is -4.29. The van der Waals surface area contributed by atoms with Crippen molar-refractivity contribution in [3.8, 4) is 0 Å². The smallest absolute Gasteiger partial charge is 0.320 e. The van der Waals surface area contributed by atoms with E-state index in [1.54, 1.807) is 0 Å². The molecule has 84 valence electrons. The predicted octanol–water partition coefficient (Wildman–Crippen LogP) is 2.82. The van der Waals surface area contributed by atoms with Gasteiger partial charge in [-0.2, -0.15) is 13.2 Å². The molecule has 0 saturated heterocycles. The Hall–Kier alpha value is -1.03. The molecule has 0 aromatic heterocycles. The van der Waals surface area contributed by atoms with E-state index in [0.29, 0.717) is 6.42 Å². The fraction of sp³-hybridized carbons (Fsp3) is 0.455. The average Bonchev–Trinajstić information content (AvgIpc) is 2.12. The molecule has 1 rings (SSSR count). The molecule has 0 saturated carbocycles. The van der Waals surface area contributed by atoms with E-state index in [-0.39, 0.29) is 6.42 Å². The van der Waals surface area contributed by atoms with Crippen LogP contribution in [0, 0.1) is 6.92 Å². The zero-order valence-corrected chi connectivity index (χ0v) is 8.51. The summed E-state index contributed by atoms with van der Waals surface area (Å²) in [6.07, 6.45) is -3.99. The second-order valence-electron chi connectivity index (χ2n) is 3.68. The molecule has 0 unspecified atom stereocenters. The number of benzene rings is 1. The largest absolute Gasteiger partial charge is 0.403 e. The predicted molar refractivity (Wildman–Crippen MR) is 53.5 cm³/mol. The van der Waals surface area contributed by atoms with Gasteiger partial charge in [0.15, 0.2) is 0 Å². The highest BCUT2D eigenvalue weighted by Crippen LogP contribution is 2.21. The summed E-state index contributed by atoms with van der Waals surface area (Å²) in [7, 11) is 0. The maximum absolute atomic E-state index is 12.1. The molecule has 1 aromatic carbocycles. The van der Waals surface area contributed by atoms with Gasteiger partial charge in [-0.15, -0.1) is 0 Å². The summed E-state index contributed by atoms with van der Waals surface area (Å²) in [5, 5.41) is 0. The minimum absolute atomic E-state index is 0.0625. The van der Waals surface area contributed by atoms with Crippen molar-refractivity contribution in [2.45, 2.75) is 32.0 Å². The van der Waals surface area contributed by atoms with Gasteiger partial charge in [0.2, 0.25) is 0 Å². The quantitative estimate of drug-likeness (QED) is 0.827. The zero-order chi connectivity index (χ0) is 11.5. The van der Waals surface area contributed by atoms with Crippen LogP contribution < -0.4 is 5.73 Å². The van der Waals surface area contributed by atoms with E-state index in [1.165, 1.54) is 0 Å². The van der Waals surface area contributed by atoms with E-state index in [9.17, 15) is 13.2 Å². The van der Waals surface area contributed by atoms with Gasteiger partial charge in [0.1, 0.15) is 6.04 Å². The third-order valence-corrected chi connectivity index (χ3v) is 2.25. The van der Waals surface area contributed by atoms with Crippen LogP contribution in [0.3, 0.4) is 0 Å². The summed E-state index contributed by atoms with van der Waals surface area (Å²) in [5.41, 5.74) is 6.96. The Labute approximate surface area is 87.1 Å². The van der Waals surface area contributed by atoms with Crippen LogP contribution in [0.25, 0.3) is 0 Å². The fourth-order valence-corrected chi connectivity index (χ4v) is 1.35. The topological polar surface area (TPSA) is 26.0 Å². The summed E-state index contributed by atoms with van der Waals surface area (Å²) in [6.45, 7) is 1.91. The molecule has 0 amide bonds. The first-order valence-corrected chi connectivity index (χ1v) is 4.77. The van der Waals surface area contributed by atoms with E-state index in [0.717, 1.165) is 11.1 Å². The average molecular weight is 217 g/mol. The first-order valence-electron chi connectivity index (χ1n) is 4.77. The zero-order valence-electron chi connectivity index (χ0n) is 8.51. The van der Waals surface area contributed by atoms with E-state index in [2.05, 4.69) is 0 Å². The summed E-state index contributed by atoms with van der Waals surface area (Å²) in [6, 6.07) is 5.72. The van der Waals surface area contributed by atoms with Crippen molar-refractivity contribution >= 4 is 0 Å². The van der Waals surface area contributed by atoms with Crippen molar-refractivity contribution in [2.75, 3.05) is 0 Å². The number of hydrogen-bond donors (Lipinski definition) is 1. The Morgan fingerprint density at radius 2 is 2.00 bits per heavy atom. The molecule has 0 fully saturated rings. The van der Waals surface area contributed by atoms with E-state index >= 15 is 0 Å². The van der Waals surface area contributed by atoms with Crippen molar-refractivity contribution in [1.29, 1.82) is 0 Å². The van der Waals surface area contributed by atoms with Gasteiger partial charge in [0.25, 0.3) is 0 Å². The van der Waals surface area contributed by atoms with Gasteiger partial charge in [-0.1, -0.05) is 29.8 Å². The van der Waals surface area contributed by atoms with Crippen molar-refractivity contribution in [1.82, 2.24) is 0 Å². The highest BCUT2D eigenvalue weighted by Gasteiger charge is 2.35. The maximum Gasteiger partial charge on any atom is 0.403 e. The Bertz CT molecular complexity index is 320. The van der Waals surface area contributed by atoms with Crippen LogP contribution in [0.2, 0.25) is 0 Å². The van der Waals surface area contributed by atoms with Gasteiger partial charge in [-0.25, -0.2) is 0 Å². The third-order valence-electron chi connectivity index (χ3n) is 2.25. The molecule has 2 N–H and O–H groups in total. The lowest BCUT2D eigenvalue weighted by atomic mass is 10.0. The van der Waals surface area contributed by atoms with Gasteiger partial charge in [0.05, 0.1) is 0 Å². The van der Waals surface area contributed by atoms with Gasteiger partial charge in [0, 0.05) is 0 Å². The van der Waals surface area contributed by atoms with E-state index < -0.39 is 12.2 Å². The first-order chi connectivity index (χ1) is 6.89. The monoisotopic (exact) mass is 217 g/mol. The molecule has 0 aliphatic rings. The number of aryl methyl sites for hydroxylation is 2. The molecule has 0 aliphatic carbocycles. The number of hydrogen-bond acceptors (Lipinski definition) is 1. The van der Waals surface area contributed by atoms with Crippen LogP contribution in [0.1, 0.15) is 17.5 Å². The molecule has 1 atom stereocenters. The summed E-state index contributed by atoms with van der Waals surface area (Å²) in [4.78, 5) is 0. The molecule has 0 bridgehead atoms. The molecule has 15 heavy (non-hydrogen) atoms. The van der Waals surface area contributed by atoms with Gasteiger partial charge in [-0.05, 0) is 25.3 Å². The Morgan fingerprint density at radius 1 is 1.33 bits per heavy atom. The summed E-state index contributed by atoms with van der Waals surface area (Å²) >= 11 is 0. The molecular weight excluding hydrogens is 203 g/mol. The van der Waals surface area contributed by atoms with Crippen molar-refractivity contribution in [3.05, 3.63) is 35.4 Å². The SMILES string of the molecule is Cc1cccc(CC[C@H](N)C(F)(F)F)c1. The van der Waals surface area contributed by atoms with Crippen molar-refractivity contribution in [2.24, 2.45) is 5.73 Å². The fourth-order valence-electron chi connectivity index (χ4n) is 1.35. The standard InChI is InChI=1S/C11H14F3N/c1-8-3-2-4-9(7-8)5-6-10(15)11(12,13)14/h2-4,7,10H,5-6,15H2,1H3/t10-/m0/s1. The molecule has 0 aliphatic heterocycles. The Balaban J connectivity index is 2.51. The highest BCUT2D eigenvalue weighted by molar-refractivity contribution is 5.22. The van der Waals surface area contributed by atoms with Crippen LogP contribution in [0.5, 0.6) is 0 Å². The van der Waals surface area contributed by atoms with E-state index in [4.69, 9.17) is 5.73 Å². The van der Waals surface area contributed by atoms with Crippen LogP contribution in [0.15, 0.2) is 24.3 Å². The lowest BCUT2D eigenvalue weighted by Gasteiger charge is -2.15. The van der Waals surface area contributed by atoms with Gasteiger partial charge < -0.3 is 5.73 Å². The number of rotatable bonds is 3. The highest BCUT2D eigenvalue weighted by atomic mass is 19.4. The third kappa shape index (κ3) is 3.91.